The number of thiazole rings is 1. The fraction of sp³-hybridized carbons (Fsp3) is 0.433. The second kappa shape index (κ2) is 14.3. The second-order valence-electron chi connectivity index (χ2n) is 11.2. The zero-order chi connectivity index (χ0) is 34.0. The summed E-state index contributed by atoms with van der Waals surface area (Å²) < 4.78 is 70.4. The van der Waals surface area contributed by atoms with Crippen LogP contribution in [0.15, 0.2) is 23.2 Å². The van der Waals surface area contributed by atoms with E-state index in [-0.39, 0.29) is 71.9 Å². The number of ether oxygens (including phenoxy) is 1. The number of nitrogens with one attached hydrogen (secondary N) is 3. The van der Waals surface area contributed by atoms with Crippen LogP contribution in [0.1, 0.15) is 67.5 Å². The summed E-state index contributed by atoms with van der Waals surface area (Å²) in [5.74, 6) is -2.36. The van der Waals surface area contributed by atoms with Crippen LogP contribution in [0.25, 0.3) is 0 Å². The Hall–Kier alpha value is -3.56. The van der Waals surface area contributed by atoms with Gasteiger partial charge in [-0.3, -0.25) is 9.59 Å². The molecule has 47 heavy (non-hydrogen) atoms. The van der Waals surface area contributed by atoms with Crippen molar-refractivity contribution in [3.8, 4) is 5.88 Å². The molecule has 0 saturated heterocycles. The molecule has 0 bridgehead atoms. The van der Waals surface area contributed by atoms with E-state index in [1.54, 1.807) is 19.1 Å². The van der Waals surface area contributed by atoms with Crippen LogP contribution in [-0.4, -0.2) is 52.9 Å². The van der Waals surface area contributed by atoms with E-state index in [2.05, 4.69) is 30.9 Å². The van der Waals surface area contributed by atoms with E-state index in [1.807, 2.05) is 6.92 Å². The first kappa shape index (κ1) is 34.8. The third-order valence-electron chi connectivity index (χ3n) is 7.75. The molecule has 0 unspecified atom stereocenters. The predicted molar refractivity (Wildman–Crippen MR) is 169 cm³/mol. The Morgan fingerprint density at radius 2 is 1.81 bits per heavy atom. The number of benzene rings is 1. The molecule has 5 rings (SSSR count). The fourth-order valence-electron chi connectivity index (χ4n) is 5.41. The number of rotatable bonds is 9. The fourth-order valence-corrected chi connectivity index (χ4v) is 6.78. The van der Waals surface area contributed by atoms with Gasteiger partial charge in [-0.15, -0.1) is 11.3 Å². The first-order valence-electron chi connectivity index (χ1n) is 14.6. The van der Waals surface area contributed by atoms with Crippen molar-refractivity contribution in [3.05, 3.63) is 60.5 Å². The Morgan fingerprint density at radius 1 is 1.09 bits per heavy atom. The molecule has 0 radical (unpaired) electrons. The lowest BCUT2D eigenvalue weighted by molar-refractivity contribution is -0.182. The minimum absolute atomic E-state index is 0.0926. The SMILES string of the molecule is Cc1nc(C)c(C(=O)NCc2ccc(Cl)c(NC3=Nc4nc(OCC(F)F)c(C(=O)NC5CCC(C(F)(F)F)CC5)cc4C3)c2Cl)s1. The van der Waals surface area contributed by atoms with E-state index in [4.69, 9.17) is 27.9 Å². The number of carbonyl (C=O) groups is 2. The predicted octanol–water partition coefficient (Wildman–Crippen LogP) is 7.58. The summed E-state index contributed by atoms with van der Waals surface area (Å²) in [5.41, 5.74) is 1.81. The highest BCUT2D eigenvalue weighted by molar-refractivity contribution is 7.13. The summed E-state index contributed by atoms with van der Waals surface area (Å²) in [6, 6.07) is 4.15. The van der Waals surface area contributed by atoms with Crippen LogP contribution >= 0.6 is 34.5 Å². The average Bonchev–Trinajstić information content (AvgIpc) is 3.57. The number of nitrogens with zero attached hydrogens (tertiary/aromatic N) is 3. The molecule has 1 aliphatic carbocycles. The standard InChI is InChI=1S/C30H29Cl2F5N6O3S/c1-13-25(47-14(2)39-13)28(45)38-11-15-3-8-20(31)24(23(15)32)41-22-10-16-9-19(29(43-26(16)42-22)46-12-21(33)34)27(44)40-18-6-4-17(5-7-18)30(35,36)37/h3,8-9,17-18,21H,4-7,10-12H2,1-2H3,(H,38,45)(H,40,44)(H,41,42,43). The van der Waals surface area contributed by atoms with Crippen molar-refractivity contribution in [1.29, 1.82) is 0 Å². The number of pyridine rings is 1. The smallest absolute Gasteiger partial charge is 0.391 e. The molecule has 252 valence electrons. The molecule has 1 saturated carbocycles. The molecule has 0 atom stereocenters. The van der Waals surface area contributed by atoms with Crippen molar-refractivity contribution in [2.24, 2.45) is 10.9 Å². The molecule has 2 amide bonds. The number of fused-ring (bicyclic) bond motifs is 1. The van der Waals surface area contributed by atoms with Crippen molar-refractivity contribution in [2.45, 2.75) is 71.1 Å². The molecule has 3 aromatic rings. The maximum Gasteiger partial charge on any atom is 0.391 e. The molecule has 3 heterocycles. The van der Waals surface area contributed by atoms with Crippen LogP contribution in [-0.2, 0) is 13.0 Å². The Morgan fingerprint density at radius 3 is 2.45 bits per heavy atom. The number of halogens is 7. The van der Waals surface area contributed by atoms with Crippen LogP contribution in [0.5, 0.6) is 5.88 Å². The van der Waals surface area contributed by atoms with Crippen molar-refractivity contribution < 1.29 is 36.3 Å². The first-order valence-corrected chi connectivity index (χ1v) is 16.1. The molecular formula is C30H29Cl2F5N6O3S. The highest BCUT2D eigenvalue weighted by Gasteiger charge is 2.41. The summed E-state index contributed by atoms with van der Waals surface area (Å²) in [4.78, 5) is 39.3. The Kier molecular flexibility index (Phi) is 10.6. The summed E-state index contributed by atoms with van der Waals surface area (Å²) in [6.45, 7) is 2.62. The summed E-state index contributed by atoms with van der Waals surface area (Å²) in [5, 5.41) is 9.84. The Labute approximate surface area is 280 Å². The maximum atomic E-state index is 13.2. The molecule has 2 aliphatic rings. The lowest BCUT2D eigenvalue weighted by Crippen LogP contribution is -2.40. The molecule has 17 heteroatoms. The maximum absolute atomic E-state index is 13.2. The van der Waals surface area contributed by atoms with Gasteiger partial charge in [0.2, 0.25) is 5.88 Å². The van der Waals surface area contributed by atoms with Gasteiger partial charge < -0.3 is 20.7 Å². The normalized spacial score (nSPS) is 17.7. The molecule has 1 aliphatic heterocycles. The lowest BCUT2D eigenvalue weighted by atomic mass is 9.85. The van der Waals surface area contributed by atoms with Gasteiger partial charge in [0.25, 0.3) is 18.2 Å². The van der Waals surface area contributed by atoms with Gasteiger partial charge in [0.05, 0.1) is 32.4 Å². The van der Waals surface area contributed by atoms with Gasteiger partial charge in [-0.25, -0.2) is 18.8 Å². The highest BCUT2D eigenvalue weighted by atomic mass is 35.5. The van der Waals surface area contributed by atoms with Gasteiger partial charge in [-0.1, -0.05) is 29.3 Å². The van der Waals surface area contributed by atoms with Crippen molar-refractivity contribution in [3.63, 3.8) is 0 Å². The van der Waals surface area contributed by atoms with Crippen LogP contribution < -0.4 is 20.7 Å². The number of aliphatic imine (C=N–C) groups is 1. The Balaban J connectivity index is 1.30. The molecule has 1 aromatic carbocycles. The van der Waals surface area contributed by atoms with Crippen LogP contribution in [0.2, 0.25) is 10.0 Å². The van der Waals surface area contributed by atoms with Gasteiger partial charge in [-0.05, 0) is 57.2 Å². The average molecular weight is 720 g/mol. The number of hydrogen-bond donors (Lipinski definition) is 3. The van der Waals surface area contributed by atoms with E-state index >= 15 is 0 Å². The van der Waals surface area contributed by atoms with Gasteiger partial charge in [0.1, 0.15) is 16.3 Å². The van der Waals surface area contributed by atoms with E-state index in [1.165, 1.54) is 17.4 Å². The lowest BCUT2D eigenvalue weighted by Gasteiger charge is -2.30. The number of alkyl halides is 5. The number of amidine groups is 1. The summed E-state index contributed by atoms with van der Waals surface area (Å²) in [7, 11) is 0. The summed E-state index contributed by atoms with van der Waals surface area (Å²) in [6.07, 6.45) is -7.03. The van der Waals surface area contributed by atoms with Crippen molar-refractivity contribution in [1.82, 2.24) is 20.6 Å². The zero-order valence-corrected chi connectivity index (χ0v) is 27.4. The number of aryl methyl sites for hydroxylation is 2. The Bertz CT molecular complexity index is 1710. The number of carbonyl (C=O) groups excluding carboxylic acids is 2. The number of aromatic nitrogens is 2. The first-order chi connectivity index (χ1) is 22.2. The van der Waals surface area contributed by atoms with Crippen LogP contribution in [0.4, 0.5) is 33.5 Å². The minimum atomic E-state index is -4.30. The van der Waals surface area contributed by atoms with Crippen molar-refractivity contribution in [2.75, 3.05) is 11.9 Å². The number of anilines is 1. The molecule has 1 fully saturated rings. The molecule has 2 aromatic heterocycles. The van der Waals surface area contributed by atoms with E-state index < -0.39 is 37.1 Å². The minimum Gasteiger partial charge on any atom is -0.471 e. The van der Waals surface area contributed by atoms with E-state index in [0.29, 0.717) is 33.2 Å². The molecular weight excluding hydrogens is 690 g/mol. The van der Waals surface area contributed by atoms with Crippen LogP contribution in [0, 0.1) is 19.8 Å². The van der Waals surface area contributed by atoms with Gasteiger partial charge >= 0.3 is 6.18 Å². The number of hydrogen-bond acceptors (Lipinski definition) is 8. The second-order valence-corrected chi connectivity index (χ2v) is 13.2. The topological polar surface area (TPSA) is 118 Å². The molecule has 9 nitrogen and oxygen atoms in total. The largest absolute Gasteiger partial charge is 0.471 e. The van der Waals surface area contributed by atoms with Gasteiger partial charge in [0.15, 0.2) is 12.4 Å². The highest BCUT2D eigenvalue weighted by Crippen LogP contribution is 2.39. The van der Waals surface area contributed by atoms with E-state index in [0.717, 1.165) is 5.01 Å². The van der Waals surface area contributed by atoms with E-state index in [9.17, 15) is 31.5 Å². The number of amides is 2. The van der Waals surface area contributed by atoms with Crippen molar-refractivity contribution >= 4 is 63.7 Å². The summed E-state index contributed by atoms with van der Waals surface area (Å²) >= 11 is 14.4. The third-order valence-corrected chi connectivity index (χ3v) is 9.57. The molecule has 3 N–H and O–H groups in total. The monoisotopic (exact) mass is 718 g/mol. The van der Waals surface area contributed by atoms with Gasteiger partial charge in [-0.2, -0.15) is 18.2 Å². The van der Waals surface area contributed by atoms with Crippen LogP contribution in [0.3, 0.4) is 0 Å². The zero-order valence-electron chi connectivity index (χ0n) is 25.0. The molecule has 0 spiro atoms. The quantitative estimate of drug-likeness (QED) is 0.196. The third kappa shape index (κ3) is 8.30. The van der Waals surface area contributed by atoms with Gasteiger partial charge in [0, 0.05) is 24.6 Å².